The van der Waals surface area contributed by atoms with Crippen LogP contribution in [0.4, 0.5) is 0 Å². The van der Waals surface area contributed by atoms with E-state index in [2.05, 4.69) is 5.32 Å². The third kappa shape index (κ3) is 5.76. The first-order chi connectivity index (χ1) is 13.1. The molecule has 1 aliphatic rings. The van der Waals surface area contributed by atoms with E-state index in [0.29, 0.717) is 48.6 Å². The number of hydrogen-bond acceptors (Lipinski definition) is 5. The van der Waals surface area contributed by atoms with Crippen LogP contribution in [0, 0.1) is 5.92 Å². The summed E-state index contributed by atoms with van der Waals surface area (Å²) in [6.45, 7) is 9.90. The molecule has 1 aromatic carbocycles. The fourth-order valence-electron chi connectivity index (χ4n) is 3.47. The second-order valence-electron chi connectivity index (χ2n) is 6.73. The minimum Gasteiger partial charge on any atom is -0.490 e. The summed E-state index contributed by atoms with van der Waals surface area (Å²) in [4.78, 5) is 15.0. The van der Waals surface area contributed by atoms with Gasteiger partial charge < -0.3 is 24.4 Å². The number of rotatable bonds is 10. The second-order valence-corrected chi connectivity index (χ2v) is 6.73. The van der Waals surface area contributed by atoms with E-state index >= 15 is 0 Å². The van der Waals surface area contributed by atoms with Gasteiger partial charge in [-0.05, 0) is 71.7 Å². The highest BCUT2D eigenvalue weighted by Crippen LogP contribution is 2.39. The summed E-state index contributed by atoms with van der Waals surface area (Å²) in [5.41, 5.74) is 0.596. The molecule has 6 heteroatoms. The van der Waals surface area contributed by atoms with Gasteiger partial charge in [0.2, 0.25) is 5.75 Å². The average Bonchev–Trinajstić information content (AvgIpc) is 2.69. The predicted octanol–water partition coefficient (Wildman–Crippen LogP) is 3.34. The molecule has 1 saturated heterocycles. The van der Waals surface area contributed by atoms with Crippen LogP contribution < -0.4 is 19.5 Å². The number of nitrogens with zero attached hydrogens (tertiary/aromatic N) is 1. The number of likely N-dealkylation sites (tertiary alicyclic amines) is 1. The molecule has 6 nitrogen and oxygen atoms in total. The number of ether oxygens (including phenoxy) is 3. The van der Waals surface area contributed by atoms with Crippen molar-refractivity contribution in [3.05, 3.63) is 17.7 Å². The highest BCUT2D eigenvalue weighted by Gasteiger charge is 2.25. The zero-order chi connectivity index (χ0) is 19.6. The number of carbonyl (C=O) groups excluding carboxylic acids is 1. The molecule has 0 bridgehead atoms. The van der Waals surface area contributed by atoms with E-state index in [1.165, 1.54) is 6.42 Å². The van der Waals surface area contributed by atoms with E-state index in [-0.39, 0.29) is 5.91 Å². The summed E-state index contributed by atoms with van der Waals surface area (Å²) in [6.07, 6.45) is 3.28. The fraction of sp³-hybridized carbons (Fsp3) is 0.667. The molecule has 0 atom stereocenters. The Morgan fingerprint density at radius 3 is 2.07 bits per heavy atom. The normalized spacial score (nSPS) is 14.9. The molecule has 1 N–H and O–H groups in total. The van der Waals surface area contributed by atoms with Crippen LogP contribution >= 0.6 is 0 Å². The average molecular weight is 379 g/mol. The van der Waals surface area contributed by atoms with Gasteiger partial charge in [0.25, 0.3) is 5.91 Å². The highest BCUT2D eigenvalue weighted by molar-refractivity contribution is 5.95. The molecule has 1 amide bonds. The predicted molar refractivity (Wildman–Crippen MR) is 107 cm³/mol. The summed E-state index contributed by atoms with van der Waals surface area (Å²) in [5, 5.41) is 3.21. The van der Waals surface area contributed by atoms with Crippen LogP contribution in [0.25, 0.3) is 0 Å². The SMILES string of the molecule is CCOc1cc(C(=O)N2CCC(CCNC)CC2)cc(OCC)c1OCC. The summed E-state index contributed by atoms with van der Waals surface area (Å²) in [7, 11) is 1.98. The highest BCUT2D eigenvalue weighted by atomic mass is 16.5. The maximum atomic E-state index is 13.1. The Morgan fingerprint density at radius 2 is 1.59 bits per heavy atom. The van der Waals surface area contributed by atoms with Gasteiger partial charge in [-0.2, -0.15) is 0 Å². The van der Waals surface area contributed by atoms with Crippen molar-refractivity contribution in [1.29, 1.82) is 0 Å². The van der Waals surface area contributed by atoms with E-state index in [1.54, 1.807) is 12.1 Å². The Hall–Kier alpha value is -1.95. The standard InChI is InChI=1S/C21H34N2O4/c1-5-25-18-14-17(15-19(26-6-2)20(18)27-7-3)21(24)23-12-9-16(10-13-23)8-11-22-4/h14-16,22H,5-13H2,1-4H3. The fourth-order valence-corrected chi connectivity index (χ4v) is 3.47. The number of nitrogens with one attached hydrogen (secondary N) is 1. The first kappa shape index (κ1) is 21.4. The lowest BCUT2D eigenvalue weighted by atomic mass is 9.93. The minimum atomic E-state index is 0.0343. The Labute approximate surface area is 163 Å². The molecule has 1 heterocycles. The van der Waals surface area contributed by atoms with Crippen molar-refractivity contribution in [2.24, 2.45) is 5.92 Å². The zero-order valence-corrected chi connectivity index (χ0v) is 17.2. The molecular weight excluding hydrogens is 344 g/mol. The van der Waals surface area contributed by atoms with E-state index in [1.807, 2.05) is 32.7 Å². The molecule has 152 valence electrons. The molecule has 0 unspecified atom stereocenters. The number of benzene rings is 1. The Kier molecular flexibility index (Phi) is 8.72. The maximum Gasteiger partial charge on any atom is 0.254 e. The molecule has 0 spiro atoms. The minimum absolute atomic E-state index is 0.0343. The molecule has 1 aliphatic heterocycles. The molecule has 2 rings (SSSR count). The molecule has 0 saturated carbocycles. The van der Waals surface area contributed by atoms with Crippen molar-refractivity contribution < 1.29 is 19.0 Å². The van der Waals surface area contributed by atoms with E-state index in [9.17, 15) is 4.79 Å². The summed E-state index contributed by atoms with van der Waals surface area (Å²) in [5.74, 6) is 2.44. The molecule has 0 aromatic heterocycles. The number of amides is 1. The van der Waals surface area contributed by atoms with Gasteiger partial charge in [0.05, 0.1) is 19.8 Å². The van der Waals surface area contributed by atoms with Crippen molar-refractivity contribution in [3.63, 3.8) is 0 Å². The molecule has 0 radical (unpaired) electrons. The third-order valence-electron chi connectivity index (χ3n) is 4.86. The molecule has 0 aliphatic carbocycles. The first-order valence-corrected chi connectivity index (χ1v) is 10.1. The van der Waals surface area contributed by atoms with Crippen molar-refractivity contribution >= 4 is 5.91 Å². The largest absolute Gasteiger partial charge is 0.490 e. The van der Waals surface area contributed by atoms with Crippen LogP contribution in [0.1, 0.15) is 50.4 Å². The van der Waals surface area contributed by atoms with E-state index in [4.69, 9.17) is 14.2 Å². The van der Waals surface area contributed by atoms with Gasteiger partial charge in [-0.1, -0.05) is 0 Å². The van der Waals surface area contributed by atoms with Crippen LogP contribution in [0.3, 0.4) is 0 Å². The third-order valence-corrected chi connectivity index (χ3v) is 4.86. The summed E-state index contributed by atoms with van der Waals surface area (Å²) < 4.78 is 17.2. The van der Waals surface area contributed by atoms with Crippen LogP contribution in [0.5, 0.6) is 17.2 Å². The molecule has 1 aromatic rings. The van der Waals surface area contributed by atoms with Gasteiger partial charge in [0, 0.05) is 18.7 Å². The van der Waals surface area contributed by atoms with Gasteiger partial charge in [0.1, 0.15) is 0 Å². The van der Waals surface area contributed by atoms with Crippen molar-refractivity contribution in [1.82, 2.24) is 10.2 Å². The quantitative estimate of drug-likeness (QED) is 0.677. The van der Waals surface area contributed by atoms with Gasteiger partial charge in [-0.3, -0.25) is 4.79 Å². The molecule has 27 heavy (non-hydrogen) atoms. The van der Waals surface area contributed by atoms with Gasteiger partial charge in [0.15, 0.2) is 11.5 Å². The molecule has 1 fully saturated rings. The monoisotopic (exact) mass is 378 g/mol. The van der Waals surface area contributed by atoms with E-state index < -0.39 is 0 Å². The van der Waals surface area contributed by atoms with Crippen LogP contribution in [0.2, 0.25) is 0 Å². The summed E-state index contributed by atoms with van der Waals surface area (Å²) >= 11 is 0. The van der Waals surface area contributed by atoms with Crippen molar-refractivity contribution in [2.45, 2.75) is 40.0 Å². The van der Waals surface area contributed by atoms with Gasteiger partial charge in [-0.15, -0.1) is 0 Å². The van der Waals surface area contributed by atoms with E-state index in [0.717, 1.165) is 32.5 Å². The lowest BCUT2D eigenvalue weighted by molar-refractivity contribution is 0.0686. The second kappa shape index (κ2) is 11.0. The maximum absolute atomic E-state index is 13.1. The van der Waals surface area contributed by atoms with Crippen molar-refractivity contribution in [2.75, 3.05) is 46.5 Å². The number of piperidine rings is 1. The Morgan fingerprint density at radius 1 is 1.04 bits per heavy atom. The smallest absolute Gasteiger partial charge is 0.254 e. The lowest BCUT2D eigenvalue weighted by Crippen LogP contribution is -2.39. The topological polar surface area (TPSA) is 60.0 Å². The number of hydrogen-bond donors (Lipinski definition) is 1. The first-order valence-electron chi connectivity index (χ1n) is 10.1. The lowest BCUT2D eigenvalue weighted by Gasteiger charge is -2.32. The van der Waals surface area contributed by atoms with Crippen LogP contribution in [-0.4, -0.2) is 57.3 Å². The number of carbonyl (C=O) groups is 1. The van der Waals surface area contributed by atoms with Crippen LogP contribution in [0.15, 0.2) is 12.1 Å². The van der Waals surface area contributed by atoms with Gasteiger partial charge >= 0.3 is 0 Å². The summed E-state index contributed by atoms with van der Waals surface area (Å²) in [6, 6.07) is 3.57. The van der Waals surface area contributed by atoms with Gasteiger partial charge in [-0.25, -0.2) is 0 Å². The van der Waals surface area contributed by atoms with Crippen molar-refractivity contribution in [3.8, 4) is 17.2 Å². The Balaban J connectivity index is 2.17. The zero-order valence-electron chi connectivity index (χ0n) is 17.2. The van der Waals surface area contributed by atoms with Crippen LogP contribution in [-0.2, 0) is 0 Å². The molecular formula is C21H34N2O4. The Bertz CT molecular complexity index is 571.